The van der Waals surface area contributed by atoms with Crippen LogP contribution in [0.15, 0.2) is 0 Å². The fraction of sp³-hybridized carbons (Fsp3) is 0.923. The number of unbranched alkanes of at least 4 members (excludes halogenated alkanes) is 4. The standard InChI is InChI=1S/C13H24N2/c1-2-3-4-5-6-11-15(12-7-10-14)13-8-9-13/h13H,2-9,11-12H2,1H3. The van der Waals surface area contributed by atoms with Crippen LogP contribution in [0.4, 0.5) is 0 Å². The van der Waals surface area contributed by atoms with Crippen LogP contribution >= 0.6 is 0 Å². The molecule has 0 radical (unpaired) electrons. The van der Waals surface area contributed by atoms with Gasteiger partial charge in [-0.1, -0.05) is 32.6 Å². The molecule has 2 heteroatoms. The molecule has 0 aliphatic heterocycles. The molecule has 0 bridgehead atoms. The highest BCUT2D eigenvalue weighted by Gasteiger charge is 2.27. The lowest BCUT2D eigenvalue weighted by Gasteiger charge is -2.20. The van der Waals surface area contributed by atoms with E-state index in [0.717, 1.165) is 12.6 Å². The SMILES string of the molecule is CCCCCCCN(CCC#N)C1CC1. The van der Waals surface area contributed by atoms with Crippen LogP contribution in [0.1, 0.15) is 58.3 Å². The Bertz CT molecular complexity index is 191. The molecule has 0 N–H and O–H groups in total. The van der Waals surface area contributed by atoms with Gasteiger partial charge in [0.1, 0.15) is 0 Å². The lowest BCUT2D eigenvalue weighted by molar-refractivity contribution is 0.262. The van der Waals surface area contributed by atoms with E-state index in [9.17, 15) is 0 Å². The molecule has 2 nitrogen and oxygen atoms in total. The van der Waals surface area contributed by atoms with Crippen molar-refractivity contribution in [1.82, 2.24) is 4.90 Å². The van der Waals surface area contributed by atoms with Gasteiger partial charge in [0.05, 0.1) is 6.07 Å². The summed E-state index contributed by atoms with van der Waals surface area (Å²) in [5.41, 5.74) is 0. The summed E-state index contributed by atoms with van der Waals surface area (Å²) in [5, 5.41) is 8.58. The molecular weight excluding hydrogens is 184 g/mol. The number of hydrogen-bond donors (Lipinski definition) is 0. The van der Waals surface area contributed by atoms with Gasteiger partial charge in [-0.25, -0.2) is 0 Å². The van der Waals surface area contributed by atoms with E-state index < -0.39 is 0 Å². The van der Waals surface area contributed by atoms with Crippen LogP contribution in [-0.4, -0.2) is 24.0 Å². The van der Waals surface area contributed by atoms with Crippen LogP contribution < -0.4 is 0 Å². The largest absolute Gasteiger partial charge is 0.299 e. The molecule has 0 heterocycles. The predicted molar refractivity (Wildman–Crippen MR) is 63.6 cm³/mol. The van der Waals surface area contributed by atoms with Crippen molar-refractivity contribution < 1.29 is 0 Å². The zero-order chi connectivity index (χ0) is 10.9. The Kier molecular flexibility index (Phi) is 6.43. The summed E-state index contributed by atoms with van der Waals surface area (Å²) in [7, 11) is 0. The summed E-state index contributed by atoms with van der Waals surface area (Å²) < 4.78 is 0. The van der Waals surface area contributed by atoms with Gasteiger partial charge in [-0.15, -0.1) is 0 Å². The molecule has 1 aliphatic carbocycles. The molecular formula is C13H24N2. The number of hydrogen-bond acceptors (Lipinski definition) is 2. The molecule has 0 saturated heterocycles. The lowest BCUT2D eigenvalue weighted by atomic mass is 10.1. The Balaban J connectivity index is 2.01. The van der Waals surface area contributed by atoms with Crippen molar-refractivity contribution in [2.24, 2.45) is 0 Å². The molecule has 0 aromatic rings. The second kappa shape index (κ2) is 7.70. The molecule has 0 spiro atoms. The van der Waals surface area contributed by atoms with E-state index in [-0.39, 0.29) is 0 Å². The van der Waals surface area contributed by atoms with Gasteiger partial charge in [0.25, 0.3) is 0 Å². The number of nitriles is 1. The van der Waals surface area contributed by atoms with Gasteiger partial charge in [0.2, 0.25) is 0 Å². The second-order valence-electron chi connectivity index (χ2n) is 4.59. The molecule has 0 amide bonds. The number of nitrogens with zero attached hydrogens (tertiary/aromatic N) is 2. The van der Waals surface area contributed by atoms with Gasteiger partial charge in [0.15, 0.2) is 0 Å². The molecule has 1 saturated carbocycles. The summed E-state index contributed by atoms with van der Waals surface area (Å²) in [5.74, 6) is 0. The Hall–Kier alpha value is -0.550. The Morgan fingerprint density at radius 3 is 2.47 bits per heavy atom. The van der Waals surface area contributed by atoms with E-state index in [1.807, 2.05) is 0 Å². The third-order valence-electron chi connectivity index (χ3n) is 3.12. The Labute approximate surface area is 94.3 Å². The fourth-order valence-corrected chi connectivity index (χ4v) is 2.03. The minimum atomic E-state index is 0.700. The van der Waals surface area contributed by atoms with Crippen molar-refractivity contribution in [1.29, 1.82) is 5.26 Å². The van der Waals surface area contributed by atoms with E-state index in [1.165, 1.54) is 51.5 Å². The van der Waals surface area contributed by atoms with E-state index in [0.29, 0.717) is 6.42 Å². The average Bonchev–Trinajstić information content (AvgIpc) is 3.06. The summed E-state index contributed by atoms with van der Waals surface area (Å²) >= 11 is 0. The van der Waals surface area contributed by atoms with Crippen LogP contribution in [0.3, 0.4) is 0 Å². The topological polar surface area (TPSA) is 27.0 Å². The van der Waals surface area contributed by atoms with Crippen LogP contribution in [0.2, 0.25) is 0 Å². The highest BCUT2D eigenvalue weighted by molar-refractivity contribution is 4.86. The van der Waals surface area contributed by atoms with Crippen LogP contribution in [0, 0.1) is 11.3 Å². The molecule has 1 fully saturated rings. The van der Waals surface area contributed by atoms with Gasteiger partial charge in [-0.3, -0.25) is 4.90 Å². The first-order chi connectivity index (χ1) is 7.38. The normalized spacial score (nSPS) is 15.5. The molecule has 0 unspecified atom stereocenters. The first-order valence-electron chi connectivity index (χ1n) is 6.49. The summed E-state index contributed by atoms with van der Waals surface area (Å²) in [6, 6.07) is 3.07. The third-order valence-corrected chi connectivity index (χ3v) is 3.12. The molecule has 0 aromatic heterocycles. The minimum Gasteiger partial charge on any atom is -0.299 e. The maximum absolute atomic E-state index is 8.58. The summed E-state index contributed by atoms with van der Waals surface area (Å²) in [4.78, 5) is 2.52. The molecule has 1 rings (SSSR count). The summed E-state index contributed by atoms with van der Waals surface area (Å²) in [6.07, 6.45) is 10.2. The monoisotopic (exact) mass is 208 g/mol. The molecule has 0 aromatic carbocycles. The second-order valence-corrected chi connectivity index (χ2v) is 4.59. The van der Waals surface area contributed by atoms with Crippen LogP contribution in [0.25, 0.3) is 0 Å². The molecule has 0 atom stereocenters. The van der Waals surface area contributed by atoms with Gasteiger partial charge in [0, 0.05) is 19.0 Å². The van der Waals surface area contributed by atoms with Crippen molar-refractivity contribution in [3.05, 3.63) is 0 Å². The number of rotatable bonds is 9. The van der Waals surface area contributed by atoms with E-state index in [1.54, 1.807) is 0 Å². The van der Waals surface area contributed by atoms with E-state index in [4.69, 9.17) is 5.26 Å². The van der Waals surface area contributed by atoms with Gasteiger partial charge >= 0.3 is 0 Å². The van der Waals surface area contributed by atoms with Crippen molar-refractivity contribution in [2.45, 2.75) is 64.3 Å². The van der Waals surface area contributed by atoms with Gasteiger partial charge in [-0.05, 0) is 25.8 Å². The first kappa shape index (κ1) is 12.5. The average molecular weight is 208 g/mol. The molecule has 1 aliphatic rings. The zero-order valence-corrected chi connectivity index (χ0v) is 10.0. The third kappa shape index (κ3) is 5.79. The fourth-order valence-electron chi connectivity index (χ4n) is 2.03. The Morgan fingerprint density at radius 2 is 1.87 bits per heavy atom. The highest BCUT2D eigenvalue weighted by Crippen LogP contribution is 2.27. The van der Waals surface area contributed by atoms with Crippen LogP contribution in [-0.2, 0) is 0 Å². The van der Waals surface area contributed by atoms with Crippen molar-refractivity contribution in [3.63, 3.8) is 0 Å². The first-order valence-corrected chi connectivity index (χ1v) is 6.49. The zero-order valence-electron chi connectivity index (χ0n) is 10.0. The van der Waals surface area contributed by atoms with Crippen LogP contribution in [0.5, 0.6) is 0 Å². The predicted octanol–water partition coefficient (Wildman–Crippen LogP) is 3.33. The lowest BCUT2D eigenvalue weighted by Crippen LogP contribution is -2.28. The minimum absolute atomic E-state index is 0.700. The van der Waals surface area contributed by atoms with Gasteiger partial charge < -0.3 is 0 Å². The molecule has 15 heavy (non-hydrogen) atoms. The van der Waals surface area contributed by atoms with Crippen molar-refractivity contribution in [3.8, 4) is 6.07 Å². The van der Waals surface area contributed by atoms with E-state index in [2.05, 4.69) is 17.9 Å². The van der Waals surface area contributed by atoms with Crippen molar-refractivity contribution in [2.75, 3.05) is 13.1 Å². The maximum atomic E-state index is 8.58. The smallest absolute Gasteiger partial charge is 0.0635 e. The molecule has 86 valence electrons. The Morgan fingerprint density at radius 1 is 1.13 bits per heavy atom. The highest BCUT2D eigenvalue weighted by atomic mass is 15.2. The summed E-state index contributed by atoms with van der Waals surface area (Å²) in [6.45, 7) is 4.47. The van der Waals surface area contributed by atoms with Crippen molar-refractivity contribution >= 4 is 0 Å². The maximum Gasteiger partial charge on any atom is 0.0635 e. The van der Waals surface area contributed by atoms with Gasteiger partial charge in [-0.2, -0.15) is 5.26 Å². The van der Waals surface area contributed by atoms with E-state index >= 15 is 0 Å². The quantitative estimate of drug-likeness (QED) is 0.543.